The van der Waals surface area contributed by atoms with Gasteiger partial charge < -0.3 is 14.8 Å². The summed E-state index contributed by atoms with van der Waals surface area (Å²) in [6.45, 7) is 4.96. The van der Waals surface area contributed by atoms with Crippen LogP contribution in [0.2, 0.25) is 0 Å². The lowest BCUT2D eigenvalue weighted by Crippen LogP contribution is -2.36. The molecular weight excluding hydrogens is 258 g/mol. The Hall–Kier alpha value is -1.92. The van der Waals surface area contributed by atoms with E-state index in [1.807, 2.05) is 25.5 Å². The molecule has 0 saturated carbocycles. The number of amides is 2. The van der Waals surface area contributed by atoms with Crippen LogP contribution < -0.4 is 5.32 Å². The van der Waals surface area contributed by atoms with E-state index in [0.717, 1.165) is 5.82 Å². The molecule has 7 nitrogen and oxygen atoms in total. The molecule has 1 fully saturated rings. The van der Waals surface area contributed by atoms with E-state index in [0.29, 0.717) is 25.9 Å². The highest BCUT2D eigenvalue weighted by atomic mass is 16.2. The molecule has 1 aromatic heterocycles. The van der Waals surface area contributed by atoms with Gasteiger partial charge in [-0.15, -0.1) is 10.2 Å². The average molecular weight is 279 g/mol. The molecule has 0 bridgehead atoms. The quantitative estimate of drug-likeness (QED) is 0.804. The van der Waals surface area contributed by atoms with E-state index in [9.17, 15) is 9.59 Å². The van der Waals surface area contributed by atoms with E-state index in [1.165, 1.54) is 0 Å². The molecule has 1 saturated heterocycles. The first-order valence-electron chi connectivity index (χ1n) is 6.89. The maximum absolute atomic E-state index is 12.0. The topological polar surface area (TPSA) is 80.1 Å². The lowest BCUT2D eigenvalue weighted by Gasteiger charge is -2.20. The van der Waals surface area contributed by atoms with E-state index < -0.39 is 0 Å². The number of likely N-dealkylation sites (tertiary alicyclic amines) is 1. The molecule has 1 aliphatic heterocycles. The number of nitrogens with one attached hydrogen (secondary N) is 1. The second-order valence-corrected chi connectivity index (χ2v) is 5.44. The van der Waals surface area contributed by atoms with Crippen molar-refractivity contribution in [3.8, 4) is 0 Å². The molecule has 1 N–H and O–H groups in total. The monoisotopic (exact) mass is 279 g/mol. The summed E-state index contributed by atoms with van der Waals surface area (Å²) in [6, 6.07) is 0.152. The zero-order valence-corrected chi connectivity index (χ0v) is 12.2. The summed E-state index contributed by atoms with van der Waals surface area (Å²) in [5.74, 6) is 0.609. The van der Waals surface area contributed by atoms with E-state index in [2.05, 4.69) is 15.5 Å². The Bertz CT molecular complexity index is 497. The molecule has 2 rings (SSSR count). The minimum atomic E-state index is -0.232. The number of aromatic nitrogens is 3. The van der Waals surface area contributed by atoms with Crippen molar-refractivity contribution in [1.29, 1.82) is 0 Å². The molecule has 0 aliphatic carbocycles. The van der Waals surface area contributed by atoms with Crippen LogP contribution in [-0.2, 0) is 23.1 Å². The number of hydrogen-bond donors (Lipinski definition) is 1. The Morgan fingerprint density at radius 1 is 1.55 bits per heavy atom. The SMILES string of the molecule is CC(C)N1CC(C(=O)NCCc2nncn2C)CC1=O. The number of hydrogen-bond acceptors (Lipinski definition) is 4. The van der Waals surface area contributed by atoms with Crippen LogP contribution in [0.5, 0.6) is 0 Å². The van der Waals surface area contributed by atoms with Crippen molar-refractivity contribution in [2.45, 2.75) is 32.7 Å². The van der Waals surface area contributed by atoms with Crippen molar-refractivity contribution in [2.24, 2.45) is 13.0 Å². The summed E-state index contributed by atoms with van der Waals surface area (Å²) in [6.07, 6.45) is 2.58. The summed E-state index contributed by atoms with van der Waals surface area (Å²) < 4.78 is 1.83. The third kappa shape index (κ3) is 3.15. The van der Waals surface area contributed by atoms with Gasteiger partial charge in [0.15, 0.2) is 0 Å². The van der Waals surface area contributed by atoms with Gasteiger partial charge in [-0.2, -0.15) is 0 Å². The number of nitrogens with zero attached hydrogens (tertiary/aromatic N) is 4. The van der Waals surface area contributed by atoms with Gasteiger partial charge in [0.25, 0.3) is 0 Å². The molecule has 0 spiro atoms. The molecule has 1 atom stereocenters. The molecular formula is C13H21N5O2. The van der Waals surface area contributed by atoms with E-state index in [-0.39, 0.29) is 23.8 Å². The Kier molecular flexibility index (Phi) is 4.36. The van der Waals surface area contributed by atoms with Gasteiger partial charge in [0.2, 0.25) is 11.8 Å². The van der Waals surface area contributed by atoms with Gasteiger partial charge in [0.1, 0.15) is 12.2 Å². The van der Waals surface area contributed by atoms with Crippen LogP contribution in [-0.4, -0.2) is 50.6 Å². The zero-order valence-electron chi connectivity index (χ0n) is 12.2. The molecule has 20 heavy (non-hydrogen) atoms. The number of carbonyl (C=O) groups is 2. The minimum absolute atomic E-state index is 0.0522. The molecule has 110 valence electrons. The van der Waals surface area contributed by atoms with Crippen molar-refractivity contribution >= 4 is 11.8 Å². The highest BCUT2D eigenvalue weighted by molar-refractivity contribution is 5.89. The Labute approximate surface area is 118 Å². The van der Waals surface area contributed by atoms with E-state index in [1.54, 1.807) is 11.2 Å². The number of carbonyl (C=O) groups excluding carboxylic acids is 2. The second-order valence-electron chi connectivity index (χ2n) is 5.44. The van der Waals surface area contributed by atoms with Crippen LogP contribution in [0.25, 0.3) is 0 Å². The van der Waals surface area contributed by atoms with Gasteiger partial charge in [0, 0.05) is 39.0 Å². The smallest absolute Gasteiger partial charge is 0.225 e. The van der Waals surface area contributed by atoms with Gasteiger partial charge in [-0.3, -0.25) is 9.59 Å². The first-order chi connectivity index (χ1) is 9.49. The third-order valence-corrected chi connectivity index (χ3v) is 3.61. The minimum Gasteiger partial charge on any atom is -0.355 e. The fourth-order valence-corrected chi connectivity index (χ4v) is 2.38. The number of rotatable bonds is 5. The normalized spacial score (nSPS) is 18.9. The van der Waals surface area contributed by atoms with E-state index >= 15 is 0 Å². The summed E-state index contributed by atoms with van der Waals surface area (Å²) >= 11 is 0. The van der Waals surface area contributed by atoms with Crippen molar-refractivity contribution in [2.75, 3.05) is 13.1 Å². The molecule has 1 aliphatic rings. The van der Waals surface area contributed by atoms with Crippen molar-refractivity contribution < 1.29 is 9.59 Å². The van der Waals surface area contributed by atoms with Gasteiger partial charge in [0.05, 0.1) is 5.92 Å². The Morgan fingerprint density at radius 2 is 2.30 bits per heavy atom. The van der Waals surface area contributed by atoms with Crippen LogP contribution in [0.3, 0.4) is 0 Å². The third-order valence-electron chi connectivity index (χ3n) is 3.61. The van der Waals surface area contributed by atoms with Crippen LogP contribution >= 0.6 is 0 Å². The zero-order chi connectivity index (χ0) is 14.7. The standard InChI is InChI=1S/C13H21N5O2/c1-9(2)18-7-10(6-12(18)19)13(20)14-5-4-11-16-15-8-17(11)3/h8-10H,4-7H2,1-3H3,(H,14,20). The maximum atomic E-state index is 12.0. The lowest BCUT2D eigenvalue weighted by atomic mass is 10.1. The van der Waals surface area contributed by atoms with Crippen molar-refractivity contribution in [3.63, 3.8) is 0 Å². The highest BCUT2D eigenvalue weighted by Gasteiger charge is 2.35. The van der Waals surface area contributed by atoms with Crippen LogP contribution in [0.4, 0.5) is 0 Å². The highest BCUT2D eigenvalue weighted by Crippen LogP contribution is 2.20. The predicted octanol–water partition coefficient (Wildman–Crippen LogP) is -0.269. The molecule has 1 aromatic rings. The van der Waals surface area contributed by atoms with Crippen LogP contribution in [0.15, 0.2) is 6.33 Å². The fraction of sp³-hybridized carbons (Fsp3) is 0.692. The summed E-state index contributed by atoms with van der Waals surface area (Å²) in [4.78, 5) is 25.6. The Balaban J connectivity index is 1.79. The molecule has 0 aromatic carbocycles. The van der Waals surface area contributed by atoms with Crippen LogP contribution in [0, 0.1) is 5.92 Å². The van der Waals surface area contributed by atoms with Gasteiger partial charge in [-0.05, 0) is 13.8 Å². The Morgan fingerprint density at radius 3 is 2.85 bits per heavy atom. The van der Waals surface area contributed by atoms with Crippen LogP contribution in [0.1, 0.15) is 26.1 Å². The van der Waals surface area contributed by atoms with E-state index in [4.69, 9.17) is 0 Å². The molecule has 0 radical (unpaired) electrons. The fourth-order valence-electron chi connectivity index (χ4n) is 2.38. The largest absolute Gasteiger partial charge is 0.355 e. The van der Waals surface area contributed by atoms with Gasteiger partial charge >= 0.3 is 0 Å². The summed E-state index contributed by atoms with van der Waals surface area (Å²) in [7, 11) is 1.87. The first-order valence-corrected chi connectivity index (χ1v) is 6.89. The maximum Gasteiger partial charge on any atom is 0.225 e. The summed E-state index contributed by atoms with van der Waals surface area (Å²) in [5.41, 5.74) is 0. The molecule has 2 amide bonds. The average Bonchev–Trinajstić information content (AvgIpc) is 2.96. The summed E-state index contributed by atoms with van der Waals surface area (Å²) in [5, 5.41) is 10.6. The number of aryl methyl sites for hydroxylation is 1. The lowest BCUT2D eigenvalue weighted by molar-refractivity contribution is -0.129. The van der Waals surface area contributed by atoms with Crippen molar-refractivity contribution in [3.05, 3.63) is 12.2 Å². The molecule has 7 heteroatoms. The van der Waals surface area contributed by atoms with Gasteiger partial charge in [-0.25, -0.2) is 0 Å². The molecule has 1 unspecified atom stereocenters. The van der Waals surface area contributed by atoms with Gasteiger partial charge in [-0.1, -0.05) is 0 Å². The first kappa shape index (κ1) is 14.5. The predicted molar refractivity (Wildman–Crippen MR) is 72.7 cm³/mol. The second kappa shape index (κ2) is 6.02. The molecule has 2 heterocycles. The van der Waals surface area contributed by atoms with Crippen molar-refractivity contribution in [1.82, 2.24) is 25.0 Å².